The second-order valence-corrected chi connectivity index (χ2v) is 7.18. The molecule has 1 unspecified atom stereocenters. The molecule has 2 aromatic carbocycles. The van der Waals surface area contributed by atoms with E-state index in [1.165, 1.54) is 0 Å². The van der Waals surface area contributed by atoms with Crippen molar-refractivity contribution in [3.63, 3.8) is 0 Å². The van der Waals surface area contributed by atoms with Crippen LogP contribution in [0.15, 0.2) is 60.8 Å². The van der Waals surface area contributed by atoms with Gasteiger partial charge >= 0.3 is 6.03 Å². The van der Waals surface area contributed by atoms with Gasteiger partial charge in [-0.15, -0.1) is 0 Å². The van der Waals surface area contributed by atoms with Crippen LogP contribution in [0.3, 0.4) is 0 Å². The molecule has 0 spiro atoms. The molecule has 3 amide bonds. The summed E-state index contributed by atoms with van der Waals surface area (Å²) in [5, 5.41) is 3.75. The Morgan fingerprint density at radius 3 is 2.76 bits per heavy atom. The highest BCUT2D eigenvalue weighted by Crippen LogP contribution is 2.22. The molecular weight excluding hydrogens is 366 g/mol. The molecule has 1 aliphatic heterocycles. The highest BCUT2D eigenvalue weighted by Gasteiger charge is 2.34. The quantitative estimate of drug-likeness (QED) is 0.720. The minimum atomic E-state index is -0.526. The van der Waals surface area contributed by atoms with E-state index in [1.807, 2.05) is 48.5 Å². The van der Waals surface area contributed by atoms with Crippen LogP contribution in [0.2, 0.25) is 0 Å². The largest absolute Gasteiger partial charge is 0.398 e. The van der Waals surface area contributed by atoms with Crippen LogP contribution in [0.5, 0.6) is 0 Å². The minimum Gasteiger partial charge on any atom is -0.398 e. The van der Waals surface area contributed by atoms with Gasteiger partial charge in [0, 0.05) is 42.6 Å². The topological polar surface area (TPSA) is 91.6 Å². The standard InChI is InChI=1S/C22H23N5O2/c1-15-21(28)26(11-12-27(15)22(29)25-17-5-3-2-4-6-17)14-16-7-8-18-19(23)9-10-24-20(18)13-16/h2-10,13,15H,11-12,14H2,1H3,(H2,23,24)(H,25,29). The van der Waals surface area contributed by atoms with Gasteiger partial charge in [0.1, 0.15) is 6.04 Å². The molecule has 1 aromatic heterocycles. The van der Waals surface area contributed by atoms with Crippen molar-refractivity contribution < 1.29 is 9.59 Å². The number of carbonyl (C=O) groups excluding carboxylic acids is 2. The van der Waals surface area contributed by atoms with Crippen LogP contribution in [0.25, 0.3) is 10.9 Å². The fourth-order valence-electron chi connectivity index (χ4n) is 3.62. The van der Waals surface area contributed by atoms with Gasteiger partial charge in [-0.25, -0.2) is 4.79 Å². The number of nitrogens with zero attached hydrogens (tertiary/aromatic N) is 3. The van der Waals surface area contributed by atoms with Gasteiger partial charge in [0.25, 0.3) is 0 Å². The predicted octanol–water partition coefficient (Wildman–Crippen LogP) is 3.08. The summed E-state index contributed by atoms with van der Waals surface area (Å²) in [4.78, 5) is 33.2. The van der Waals surface area contributed by atoms with Crippen molar-refractivity contribution >= 4 is 34.2 Å². The molecule has 1 fully saturated rings. The van der Waals surface area contributed by atoms with Crippen LogP contribution in [-0.2, 0) is 11.3 Å². The van der Waals surface area contributed by atoms with Crippen molar-refractivity contribution in [3.8, 4) is 0 Å². The Bertz CT molecular complexity index is 1050. The molecule has 0 bridgehead atoms. The lowest BCUT2D eigenvalue weighted by Crippen LogP contribution is -2.58. The Kier molecular flexibility index (Phi) is 5.03. The van der Waals surface area contributed by atoms with Gasteiger partial charge in [-0.05, 0) is 36.8 Å². The molecule has 3 aromatic rings. The Labute approximate surface area is 169 Å². The van der Waals surface area contributed by atoms with Crippen LogP contribution < -0.4 is 11.1 Å². The molecule has 2 heterocycles. The third-order valence-electron chi connectivity index (χ3n) is 5.25. The van der Waals surface area contributed by atoms with E-state index in [1.54, 1.807) is 29.0 Å². The zero-order valence-corrected chi connectivity index (χ0v) is 16.2. The molecule has 7 nitrogen and oxygen atoms in total. The zero-order chi connectivity index (χ0) is 20.4. The zero-order valence-electron chi connectivity index (χ0n) is 16.2. The number of para-hydroxylation sites is 1. The van der Waals surface area contributed by atoms with E-state index in [9.17, 15) is 9.59 Å². The van der Waals surface area contributed by atoms with E-state index < -0.39 is 6.04 Å². The summed E-state index contributed by atoms with van der Waals surface area (Å²) in [5.74, 6) is -0.0694. The maximum absolute atomic E-state index is 12.9. The number of hydrogen-bond acceptors (Lipinski definition) is 4. The highest BCUT2D eigenvalue weighted by molar-refractivity contribution is 5.94. The monoisotopic (exact) mass is 389 g/mol. The lowest BCUT2D eigenvalue weighted by atomic mass is 10.1. The normalized spacial score (nSPS) is 16.9. The fraction of sp³-hybridized carbons (Fsp3) is 0.227. The Morgan fingerprint density at radius 1 is 1.17 bits per heavy atom. The van der Waals surface area contributed by atoms with Gasteiger partial charge in [-0.2, -0.15) is 0 Å². The van der Waals surface area contributed by atoms with Crippen molar-refractivity contribution in [1.29, 1.82) is 0 Å². The number of rotatable bonds is 3. The van der Waals surface area contributed by atoms with Gasteiger partial charge in [0.2, 0.25) is 5.91 Å². The van der Waals surface area contributed by atoms with Crippen LogP contribution in [0.1, 0.15) is 12.5 Å². The molecule has 1 saturated heterocycles. The van der Waals surface area contributed by atoms with Crippen molar-refractivity contribution in [1.82, 2.24) is 14.8 Å². The number of amides is 3. The molecule has 0 saturated carbocycles. The first-order chi connectivity index (χ1) is 14.0. The first-order valence-corrected chi connectivity index (χ1v) is 9.57. The first kappa shape index (κ1) is 18.7. The number of benzene rings is 2. The maximum atomic E-state index is 12.9. The van der Waals surface area contributed by atoms with Crippen molar-refractivity contribution in [3.05, 3.63) is 66.4 Å². The first-order valence-electron chi connectivity index (χ1n) is 9.57. The number of urea groups is 1. The summed E-state index contributed by atoms with van der Waals surface area (Å²) in [7, 11) is 0. The molecule has 7 heteroatoms. The smallest absolute Gasteiger partial charge is 0.322 e. The second-order valence-electron chi connectivity index (χ2n) is 7.18. The van der Waals surface area contributed by atoms with E-state index >= 15 is 0 Å². The van der Waals surface area contributed by atoms with Gasteiger partial charge in [0.05, 0.1) is 5.52 Å². The van der Waals surface area contributed by atoms with E-state index in [4.69, 9.17) is 5.73 Å². The summed E-state index contributed by atoms with van der Waals surface area (Å²) in [6, 6.07) is 16.1. The lowest BCUT2D eigenvalue weighted by Gasteiger charge is -2.39. The number of anilines is 2. The molecule has 29 heavy (non-hydrogen) atoms. The fourth-order valence-corrected chi connectivity index (χ4v) is 3.62. The van der Waals surface area contributed by atoms with Gasteiger partial charge in [-0.1, -0.05) is 30.3 Å². The van der Waals surface area contributed by atoms with E-state index in [2.05, 4.69) is 10.3 Å². The third-order valence-corrected chi connectivity index (χ3v) is 5.25. The minimum absolute atomic E-state index is 0.0694. The average Bonchev–Trinajstić information content (AvgIpc) is 2.72. The van der Waals surface area contributed by atoms with Crippen LogP contribution in [0.4, 0.5) is 16.2 Å². The van der Waals surface area contributed by atoms with Crippen molar-refractivity contribution in [2.45, 2.75) is 19.5 Å². The predicted molar refractivity (Wildman–Crippen MR) is 113 cm³/mol. The van der Waals surface area contributed by atoms with E-state index in [-0.39, 0.29) is 11.9 Å². The van der Waals surface area contributed by atoms with Crippen LogP contribution >= 0.6 is 0 Å². The molecule has 0 aliphatic carbocycles. The number of nitrogens with two attached hydrogens (primary N) is 1. The molecule has 3 N–H and O–H groups in total. The summed E-state index contributed by atoms with van der Waals surface area (Å²) < 4.78 is 0. The van der Waals surface area contributed by atoms with Crippen LogP contribution in [-0.4, -0.2) is 45.9 Å². The SMILES string of the molecule is CC1C(=O)N(Cc2ccc3c(N)ccnc3c2)CCN1C(=O)Nc1ccccc1. The summed E-state index contributed by atoms with van der Waals surface area (Å²) in [6.07, 6.45) is 1.68. The third kappa shape index (κ3) is 3.85. The number of carbonyl (C=O) groups is 2. The number of pyridine rings is 1. The Morgan fingerprint density at radius 2 is 1.97 bits per heavy atom. The second kappa shape index (κ2) is 7.79. The maximum Gasteiger partial charge on any atom is 0.322 e. The van der Waals surface area contributed by atoms with Crippen molar-refractivity contribution in [2.24, 2.45) is 0 Å². The number of fused-ring (bicyclic) bond motifs is 1. The Balaban J connectivity index is 1.44. The van der Waals surface area contributed by atoms with Gasteiger partial charge < -0.3 is 20.9 Å². The summed E-state index contributed by atoms with van der Waals surface area (Å²) in [5.41, 5.74) is 9.17. The molecular formula is C22H23N5O2. The number of nitrogen functional groups attached to an aromatic ring is 1. The molecule has 4 rings (SSSR count). The summed E-state index contributed by atoms with van der Waals surface area (Å²) >= 11 is 0. The van der Waals surface area contributed by atoms with Gasteiger partial charge in [0.15, 0.2) is 0 Å². The van der Waals surface area contributed by atoms with Crippen molar-refractivity contribution in [2.75, 3.05) is 24.1 Å². The molecule has 0 radical (unpaired) electrons. The number of aromatic nitrogens is 1. The number of hydrogen-bond donors (Lipinski definition) is 2. The number of nitrogens with one attached hydrogen (secondary N) is 1. The van der Waals surface area contributed by atoms with E-state index in [0.29, 0.717) is 31.0 Å². The van der Waals surface area contributed by atoms with Gasteiger partial charge in [-0.3, -0.25) is 9.78 Å². The lowest BCUT2D eigenvalue weighted by molar-refractivity contribution is -0.139. The average molecular weight is 389 g/mol. The molecule has 1 aliphatic rings. The molecule has 148 valence electrons. The summed E-state index contributed by atoms with van der Waals surface area (Å²) in [6.45, 7) is 3.20. The number of piperazine rings is 1. The van der Waals surface area contributed by atoms with E-state index in [0.717, 1.165) is 16.5 Å². The molecule has 1 atom stereocenters. The highest BCUT2D eigenvalue weighted by atomic mass is 16.2. The Hall–Kier alpha value is -3.61. The van der Waals surface area contributed by atoms with Crippen LogP contribution in [0, 0.1) is 0 Å².